The van der Waals surface area contributed by atoms with Crippen LogP contribution in [0.15, 0.2) is 12.3 Å². The SMILES string of the molecule is Cc1ccnc2c1nc(CCl)n2CC1CCN(C)CC1. The van der Waals surface area contributed by atoms with E-state index in [2.05, 4.69) is 33.4 Å². The first-order valence-corrected chi connectivity index (χ1v) is 7.77. The molecule has 3 heterocycles. The van der Waals surface area contributed by atoms with Gasteiger partial charge in [0.2, 0.25) is 0 Å². The third-order valence-corrected chi connectivity index (χ3v) is 4.55. The van der Waals surface area contributed by atoms with Crippen LogP contribution in [0.2, 0.25) is 0 Å². The van der Waals surface area contributed by atoms with Gasteiger partial charge in [0.1, 0.15) is 11.3 Å². The van der Waals surface area contributed by atoms with Crippen molar-refractivity contribution in [3.63, 3.8) is 0 Å². The van der Waals surface area contributed by atoms with Crippen molar-refractivity contribution < 1.29 is 0 Å². The molecule has 5 heteroatoms. The standard InChI is InChI=1S/C15H21ClN4/c1-11-3-6-17-15-14(11)18-13(9-16)20(15)10-12-4-7-19(2)8-5-12/h3,6,12H,4-5,7-10H2,1-2H3. The molecular formula is C15H21ClN4. The van der Waals surface area contributed by atoms with Crippen molar-refractivity contribution in [1.82, 2.24) is 19.4 Å². The monoisotopic (exact) mass is 292 g/mol. The van der Waals surface area contributed by atoms with Gasteiger partial charge in [-0.15, -0.1) is 11.6 Å². The molecule has 0 aliphatic carbocycles. The smallest absolute Gasteiger partial charge is 0.160 e. The zero-order valence-electron chi connectivity index (χ0n) is 12.1. The maximum Gasteiger partial charge on any atom is 0.160 e. The molecule has 1 saturated heterocycles. The highest BCUT2D eigenvalue weighted by molar-refractivity contribution is 6.16. The first-order valence-electron chi connectivity index (χ1n) is 7.24. The molecule has 0 unspecified atom stereocenters. The Labute approximate surface area is 124 Å². The molecule has 0 spiro atoms. The van der Waals surface area contributed by atoms with E-state index in [1.165, 1.54) is 31.5 Å². The van der Waals surface area contributed by atoms with Gasteiger partial charge in [0.25, 0.3) is 0 Å². The predicted octanol–water partition coefficient (Wildman–Crippen LogP) is 2.82. The van der Waals surface area contributed by atoms with E-state index in [9.17, 15) is 0 Å². The van der Waals surface area contributed by atoms with E-state index in [0.29, 0.717) is 11.8 Å². The number of imidazole rings is 1. The molecule has 4 nitrogen and oxygen atoms in total. The second kappa shape index (κ2) is 5.70. The lowest BCUT2D eigenvalue weighted by molar-refractivity contribution is 0.205. The van der Waals surface area contributed by atoms with Gasteiger partial charge in [-0.1, -0.05) is 0 Å². The van der Waals surface area contributed by atoms with Gasteiger partial charge in [-0.3, -0.25) is 0 Å². The second-order valence-corrected chi connectivity index (χ2v) is 6.09. The van der Waals surface area contributed by atoms with Gasteiger partial charge in [-0.2, -0.15) is 0 Å². The third kappa shape index (κ3) is 2.54. The molecule has 3 rings (SSSR count). The van der Waals surface area contributed by atoms with E-state index in [1.54, 1.807) is 0 Å². The maximum atomic E-state index is 6.08. The number of piperidine rings is 1. The molecule has 2 aromatic rings. The first kappa shape index (κ1) is 13.8. The highest BCUT2D eigenvalue weighted by atomic mass is 35.5. The van der Waals surface area contributed by atoms with Crippen LogP contribution >= 0.6 is 11.6 Å². The Kier molecular flexibility index (Phi) is 3.94. The molecule has 0 atom stereocenters. The van der Waals surface area contributed by atoms with Crippen LogP contribution in [0.4, 0.5) is 0 Å². The lowest BCUT2D eigenvalue weighted by Gasteiger charge is -2.29. The molecule has 0 bridgehead atoms. The molecule has 0 aromatic carbocycles. The zero-order valence-corrected chi connectivity index (χ0v) is 12.9. The number of nitrogens with zero attached hydrogens (tertiary/aromatic N) is 4. The number of pyridine rings is 1. The molecule has 1 fully saturated rings. The largest absolute Gasteiger partial charge is 0.311 e. The second-order valence-electron chi connectivity index (χ2n) is 5.82. The normalized spacial score (nSPS) is 17.9. The predicted molar refractivity (Wildman–Crippen MR) is 82.0 cm³/mol. The summed E-state index contributed by atoms with van der Waals surface area (Å²) in [6.07, 6.45) is 4.34. The Hall–Kier alpha value is -1.13. The fourth-order valence-corrected chi connectivity index (χ4v) is 3.18. The summed E-state index contributed by atoms with van der Waals surface area (Å²) in [5.41, 5.74) is 3.15. The third-order valence-electron chi connectivity index (χ3n) is 4.31. The zero-order chi connectivity index (χ0) is 14.1. The van der Waals surface area contributed by atoms with Crippen LogP contribution < -0.4 is 0 Å². The van der Waals surface area contributed by atoms with E-state index < -0.39 is 0 Å². The van der Waals surface area contributed by atoms with Crippen molar-refractivity contribution in [3.05, 3.63) is 23.7 Å². The molecule has 0 radical (unpaired) electrons. The summed E-state index contributed by atoms with van der Waals surface area (Å²) >= 11 is 6.08. The van der Waals surface area contributed by atoms with E-state index in [0.717, 1.165) is 23.5 Å². The topological polar surface area (TPSA) is 34.0 Å². The maximum absolute atomic E-state index is 6.08. The Morgan fingerprint density at radius 1 is 1.35 bits per heavy atom. The number of alkyl halides is 1. The fraction of sp³-hybridized carbons (Fsp3) is 0.600. The van der Waals surface area contributed by atoms with Crippen molar-refractivity contribution in [2.24, 2.45) is 5.92 Å². The summed E-state index contributed by atoms with van der Waals surface area (Å²) in [6, 6.07) is 2.01. The number of halogens is 1. The molecule has 20 heavy (non-hydrogen) atoms. The van der Waals surface area contributed by atoms with Crippen LogP contribution in [-0.4, -0.2) is 39.6 Å². The Bertz CT molecular complexity index is 599. The summed E-state index contributed by atoms with van der Waals surface area (Å²) < 4.78 is 2.23. The minimum Gasteiger partial charge on any atom is -0.311 e. The van der Waals surface area contributed by atoms with Crippen molar-refractivity contribution in [3.8, 4) is 0 Å². The molecule has 1 aliphatic rings. The van der Waals surface area contributed by atoms with Gasteiger partial charge < -0.3 is 9.47 Å². The minimum absolute atomic E-state index is 0.447. The fourth-order valence-electron chi connectivity index (χ4n) is 2.98. The highest BCUT2D eigenvalue weighted by Gasteiger charge is 2.20. The summed E-state index contributed by atoms with van der Waals surface area (Å²) in [6.45, 7) is 5.43. The van der Waals surface area contributed by atoms with Crippen LogP contribution in [0, 0.1) is 12.8 Å². The summed E-state index contributed by atoms with van der Waals surface area (Å²) in [4.78, 5) is 11.6. The van der Waals surface area contributed by atoms with Crippen molar-refractivity contribution in [2.45, 2.75) is 32.2 Å². The molecule has 108 valence electrons. The molecule has 1 aliphatic heterocycles. The van der Waals surface area contributed by atoms with Crippen LogP contribution in [0.25, 0.3) is 11.2 Å². The van der Waals surface area contributed by atoms with Gasteiger partial charge in [0.15, 0.2) is 5.65 Å². The summed E-state index contributed by atoms with van der Waals surface area (Å²) in [5.74, 6) is 2.10. The van der Waals surface area contributed by atoms with E-state index in [-0.39, 0.29) is 0 Å². The number of aryl methyl sites for hydroxylation is 1. The molecule has 0 N–H and O–H groups in total. The molecule has 2 aromatic heterocycles. The average molecular weight is 293 g/mol. The lowest BCUT2D eigenvalue weighted by Crippen LogP contribution is -2.32. The van der Waals surface area contributed by atoms with Gasteiger partial charge >= 0.3 is 0 Å². The summed E-state index contributed by atoms with van der Waals surface area (Å²) in [7, 11) is 2.19. The Balaban J connectivity index is 1.92. The van der Waals surface area contributed by atoms with E-state index in [1.807, 2.05) is 12.3 Å². The van der Waals surface area contributed by atoms with Crippen molar-refractivity contribution in [1.29, 1.82) is 0 Å². The van der Waals surface area contributed by atoms with E-state index in [4.69, 9.17) is 11.6 Å². The van der Waals surface area contributed by atoms with E-state index >= 15 is 0 Å². The van der Waals surface area contributed by atoms with Crippen LogP contribution in [0.5, 0.6) is 0 Å². The van der Waals surface area contributed by atoms with Crippen LogP contribution in [0.3, 0.4) is 0 Å². The summed E-state index contributed by atoms with van der Waals surface area (Å²) in [5, 5.41) is 0. The number of likely N-dealkylation sites (tertiary alicyclic amines) is 1. The van der Waals surface area contributed by atoms with Gasteiger partial charge in [0, 0.05) is 12.7 Å². The number of hydrogen-bond donors (Lipinski definition) is 0. The van der Waals surface area contributed by atoms with Gasteiger partial charge in [-0.05, 0) is 57.5 Å². The van der Waals surface area contributed by atoms with Gasteiger partial charge in [0.05, 0.1) is 5.88 Å². The van der Waals surface area contributed by atoms with Crippen LogP contribution in [-0.2, 0) is 12.4 Å². The molecule has 0 saturated carbocycles. The number of rotatable bonds is 3. The van der Waals surface area contributed by atoms with Crippen molar-refractivity contribution in [2.75, 3.05) is 20.1 Å². The minimum atomic E-state index is 0.447. The van der Waals surface area contributed by atoms with Crippen molar-refractivity contribution >= 4 is 22.8 Å². The van der Waals surface area contributed by atoms with Gasteiger partial charge in [-0.25, -0.2) is 9.97 Å². The molecular weight excluding hydrogens is 272 g/mol. The quantitative estimate of drug-likeness (QED) is 0.816. The average Bonchev–Trinajstić information content (AvgIpc) is 2.81. The molecule has 0 amide bonds. The Morgan fingerprint density at radius 2 is 2.10 bits per heavy atom. The van der Waals surface area contributed by atoms with Crippen LogP contribution in [0.1, 0.15) is 24.2 Å². The number of hydrogen-bond acceptors (Lipinski definition) is 3. The number of fused-ring (bicyclic) bond motifs is 1. The highest BCUT2D eigenvalue weighted by Crippen LogP contribution is 2.24. The number of aromatic nitrogens is 3. The Morgan fingerprint density at radius 3 is 2.80 bits per heavy atom. The lowest BCUT2D eigenvalue weighted by atomic mass is 9.97. The first-order chi connectivity index (χ1) is 9.69.